The second-order valence-electron chi connectivity index (χ2n) is 2.74. The Balaban J connectivity index is 0.000000770. The molecule has 0 bridgehead atoms. The number of carboxylic acid groups (broad SMARTS) is 1. The maximum Gasteiger partial charge on any atom is 0.343 e. The summed E-state index contributed by atoms with van der Waals surface area (Å²) >= 11 is 0. The van der Waals surface area contributed by atoms with Gasteiger partial charge >= 0.3 is 11.9 Å². The van der Waals surface area contributed by atoms with E-state index in [4.69, 9.17) is 10.2 Å². The van der Waals surface area contributed by atoms with E-state index in [0.29, 0.717) is 0 Å². The van der Waals surface area contributed by atoms with Gasteiger partial charge < -0.3 is 14.9 Å². The van der Waals surface area contributed by atoms with Crippen LogP contribution in [0.25, 0.3) is 0 Å². The topological polar surface area (TPSA) is 83.8 Å². The monoisotopic (exact) mass is 238 g/mol. The first kappa shape index (κ1) is 14.9. The average molecular weight is 238 g/mol. The van der Waals surface area contributed by atoms with E-state index in [1.165, 1.54) is 18.2 Å². The van der Waals surface area contributed by atoms with Gasteiger partial charge in [0.05, 0.1) is 17.4 Å². The molecule has 0 saturated heterocycles. The molecule has 0 aliphatic heterocycles. The van der Waals surface area contributed by atoms with Crippen molar-refractivity contribution in [2.75, 3.05) is 6.61 Å². The van der Waals surface area contributed by atoms with E-state index < -0.39 is 11.9 Å². The van der Waals surface area contributed by atoms with Crippen LogP contribution in [0.1, 0.15) is 27.6 Å². The highest BCUT2D eigenvalue weighted by atomic mass is 16.5. The number of hydrogen-bond acceptors (Lipinski definition) is 4. The second-order valence-corrected chi connectivity index (χ2v) is 2.74. The average Bonchev–Trinajstić information content (AvgIpc) is 2.30. The van der Waals surface area contributed by atoms with Gasteiger partial charge in [0.25, 0.3) is 0 Å². The summed E-state index contributed by atoms with van der Waals surface area (Å²) in [6.07, 6.45) is 0.959. The number of carbonyl (C=O) groups excluding carboxylic acids is 1. The van der Waals surface area contributed by atoms with Crippen molar-refractivity contribution in [2.45, 2.75) is 6.92 Å². The van der Waals surface area contributed by atoms with Gasteiger partial charge in [-0.05, 0) is 19.1 Å². The lowest BCUT2D eigenvalue weighted by atomic mass is 10.1. The minimum Gasteiger partial charge on any atom is -0.478 e. The van der Waals surface area contributed by atoms with Crippen LogP contribution in [0.2, 0.25) is 0 Å². The number of aliphatic hydroxyl groups is 1. The summed E-state index contributed by atoms with van der Waals surface area (Å²) in [4.78, 5) is 21.9. The van der Waals surface area contributed by atoms with E-state index in [9.17, 15) is 9.59 Å². The summed E-state index contributed by atoms with van der Waals surface area (Å²) in [6.45, 7) is 5.14. The van der Waals surface area contributed by atoms with Crippen LogP contribution in [0.15, 0.2) is 37.1 Å². The van der Waals surface area contributed by atoms with E-state index in [1.54, 1.807) is 13.0 Å². The van der Waals surface area contributed by atoms with E-state index in [0.717, 1.165) is 6.26 Å². The molecule has 1 aromatic rings. The van der Waals surface area contributed by atoms with Crippen molar-refractivity contribution in [3.05, 3.63) is 48.2 Å². The summed E-state index contributed by atoms with van der Waals surface area (Å²) in [6, 6.07) is 5.82. The van der Waals surface area contributed by atoms with Crippen molar-refractivity contribution in [1.29, 1.82) is 0 Å². The number of benzene rings is 1. The molecule has 5 heteroatoms. The quantitative estimate of drug-likeness (QED) is 0.618. The Morgan fingerprint density at radius 2 is 1.82 bits per heavy atom. The zero-order chi connectivity index (χ0) is 13.3. The van der Waals surface area contributed by atoms with Gasteiger partial charge in [-0.25, -0.2) is 9.59 Å². The summed E-state index contributed by atoms with van der Waals surface area (Å²) in [7, 11) is 0. The van der Waals surface area contributed by atoms with Crippen LogP contribution < -0.4 is 0 Å². The van der Waals surface area contributed by atoms with Crippen LogP contribution in [0.3, 0.4) is 0 Å². The first-order valence-corrected chi connectivity index (χ1v) is 4.83. The Morgan fingerprint density at radius 1 is 1.35 bits per heavy atom. The van der Waals surface area contributed by atoms with Gasteiger partial charge in [0, 0.05) is 6.61 Å². The largest absolute Gasteiger partial charge is 0.478 e. The molecular formula is C12H14O5. The van der Waals surface area contributed by atoms with Crippen molar-refractivity contribution in [2.24, 2.45) is 0 Å². The first-order chi connectivity index (χ1) is 8.08. The zero-order valence-electron chi connectivity index (χ0n) is 9.42. The SMILES string of the molecule is C=COC(=O)c1ccccc1C(=O)O.CCO. The van der Waals surface area contributed by atoms with Crippen molar-refractivity contribution in [1.82, 2.24) is 0 Å². The fraction of sp³-hybridized carbons (Fsp3) is 0.167. The Kier molecular flexibility index (Phi) is 7.05. The van der Waals surface area contributed by atoms with Gasteiger partial charge in [0.1, 0.15) is 0 Å². The van der Waals surface area contributed by atoms with Gasteiger partial charge in [0.2, 0.25) is 0 Å². The third kappa shape index (κ3) is 4.94. The van der Waals surface area contributed by atoms with Gasteiger partial charge in [0.15, 0.2) is 0 Å². The molecule has 2 N–H and O–H groups in total. The highest BCUT2D eigenvalue weighted by molar-refractivity contribution is 6.02. The smallest absolute Gasteiger partial charge is 0.343 e. The minimum absolute atomic E-state index is 0.0138. The molecule has 0 saturated carbocycles. The molecule has 0 aliphatic rings. The van der Waals surface area contributed by atoms with Crippen LogP contribution in [0.4, 0.5) is 0 Å². The maximum atomic E-state index is 11.2. The first-order valence-electron chi connectivity index (χ1n) is 4.83. The van der Waals surface area contributed by atoms with Gasteiger partial charge in [-0.15, -0.1) is 0 Å². The standard InChI is InChI=1S/C10H8O4.C2H6O/c1-2-14-10(13)8-6-4-3-5-7(8)9(11)12;1-2-3/h2-6H,1H2,(H,11,12);3H,2H2,1H3. The Bertz CT molecular complexity index is 398. The summed E-state index contributed by atoms with van der Waals surface area (Å²) < 4.78 is 4.48. The fourth-order valence-corrected chi connectivity index (χ4v) is 0.987. The fourth-order valence-electron chi connectivity index (χ4n) is 0.987. The zero-order valence-corrected chi connectivity index (χ0v) is 9.42. The predicted molar refractivity (Wildman–Crippen MR) is 61.8 cm³/mol. The van der Waals surface area contributed by atoms with Crippen molar-refractivity contribution in [3.8, 4) is 0 Å². The number of hydrogen-bond donors (Lipinski definition) is 2. The lowest BCUT2D eigenvalue weighted by molar-refractivity contribution is 0.0632. The lowest BCUT2D eigenvalue weighted by Gasteiger charge is -2.02. The van der Waals surface area contributed by atoms with E-state index in [1.807, 2.05) is 0 Å². The van der Waals surface area contributed by atoms with Crippen LogP contribution in [-0.4, -0.2) is 28.8 Å². The van der Waals surface area contributed by atoms with Gasteiger partial charge in [-0.2, -0.15) is 0 Å². The summed E-state index contributed by atoms with van der Waals surface area (Å²) in [5, 5.41) is 16.3. The van der Waals surface area contributed by atoms with Crippen LogP contribution in [0, 0.1) is 0 Å². The molecule has 17 heavy (non-hydrogen) atoms. The molecule has 0 atom stereocenters. The number of rotatable bonds is 3. The highest BCUT2D eigenvalue weighted by Gasteiger charge is 2.15. The normalized spacial score (nSPS) is 8.59. The molecule has 0 fully saturated rings. The van der Waals surface area contributed by atoms with Crippen LogP contribution >= 0.6 is 0 Å². The maximum absolute atomic E-state index is 11.2. The molecule has 0 spiro atoms. The van der Waals surface area contributed by atoms with Crippen molar-refractivity contribution < 1.29 is 24.5 Å². The van der Waals surface area contributed by atoms with Crippen molar-refractivity contribution >= 4 is 11.9 Å². The number of esters is 1. The van der Waals surface area contributed by atoms with Crippen LogP contribution in [0.5, 0.6) is 0 Å². The molecule has 5 nitrogen and oxygen atoms in total. The number of carboxylic acids is 1. The third-order valence-electron chi connectivity index (χ3n) is 1.57. The number of carbonyl (C=O) groups is 2. The molecule has 0 unspecified atom stereocenters. The van der Waals surface area contributed by atoms with E-state index in [2.05, 4.69) is 11.3 Å². The molecule has 0 radical (unpaired) electrons. The highest BCUT2D eigenvalue weighted by Crippen LogP contribution is 2.10. The lowest BCUT2D eigenvalue weighted by Crippen LogP contribution is -2.09. The molecule has 0 amide bonds. The van der Waals surface area contributed by atoms with Gasteiger partial charge in [-0.3, -0.25) is 0 Å². The Morgan fingerprint density at radius 3 is 2.24 bits per heavy atom. The molecule has 0 aliphatic carbocycles. The van der Waals surface area contributed by atoms with E-state index >= 15 is 0 Å². The molecule has 92 valence electrons. The summed E-state index contributed by atoms with van der Waals surface area (Å²) in [5.41, 5.74) is -0.0701. The molecule has 1 aromatic carbocycles. The molecule has 1 rings (SSSR count). The second kappa shape index (κ2) is 8.06. The Labute approximate surface area is 99.0 Å². The minimum atomic E-state index is -1.17. The number of ether oxygens (including phenoxy) is 1. The van der Waals surface area contributed by atoms with Gasteiger partial charge in [-0.1, -0.05) is 18.7 Å². The third-order valence-corrected chi connectivity index (χ3v) is 1.57. The van der Waals surface area contributed by atoms with Crippen LogP contribution in [-0.2, 0) is 4.74 Å². The number of aromatic carboxylic acids is 1. The molecule has 0 aromatic heterocycles. The molecular weight excluding hydrogens is 224 g/mol. The Hall–Kier alpha value is -2.14. The molecule has 0 heterocycles. The number of aliphatic hydroxyl groups excluding tert-OH is 1. The summed E-state index contributed by atoms with van der Waals surface area (Å²) in [5.74, 6) is -1.89. The predicted octanol–water partition coefficient (Wildman–Crippen LogP) is 1.68. The van der Waals surface area contributed by atoms with Crippen molar-refractivity contribution in [3.63, 3.8) is 0 Å². The van der Waals surface area contributed by atoms with E-state index in [-0.39, 0.29) is 17.7 Å².